The minimum Gasteiger partial charge on any atom is -0.493 e. The van der Waals surface area contributed by atoms with Crippen molar-refractivity contribution < 1.29 is 9.53 Å². The number of rotatable bonds is 5. The summed E-state index contributed by atoms with van der Waals surface area (Å²) in [5, 5.41) is 0. The molecule has 122 valence electrons. The molecule has 0 aliphatic rings. The summed E-state index contributed by atoms with van der Waals surface area (Å²) in [6.07, 6.45) is 0. The molecule has 0 atom stereocenters. The molecule has 0 spiro atoms. The van der Waals surface area contributed by atoms with E-state index in [1.807, 2.05) is 24.3 Å². The Balaban J connectivity index is 2.34. The van der Waals surface area contributed by atoms with Crippen LogP contribution in [0.4, 0.5) is 5.95 Å². The number of ether oxygens (including phenoxy) is 1. The summed E-state index contributed by atoms with van der Waals surface area (Å²) >= 11 is 0. The van der Waals surface area contributed by atoms with Crippen LogP contribution in [0.5, 0.6) is 5.75 Å². The fourth-order valence-corrected chi connectivity index (χ4v) is 1.96. The Hall–Kier alpha value is -2.63. The quantitative estimate of drug-likeness (QED) is 0.917. The lowest BCUT2D eigenvalue weighted by atomic mass is 10.1. The summed E-state index contributed by atoms with van der Waals surface area (Å²) in [5.74, 6) is 1.06. The van der Waals surface area contributed by atoms with Gasteiger partial charge in [0.1, 0.15) is 11.4 Å². The lowest BCUT2D eigenvalue weighted by Gasteiger charge is -2.12. The van der Waals surface area contributed by atoms with E-state index in [4.69, 9.17) is 10.5 Å². The molecule has 0 bridgehead atoms. The van der Waals surface area contributed by atoms with E-state index in [1.54, 1.807) is 20.2 Å². The maximum atomic E-state index is 12.1. The van der Waals surface area contributed by atoms with E-state index in [0.717, 1.165) is 11.3 Å². The number of benzene rings is 1. The molecular weight excluding hydrogens is 292 g/mol. The molecule has 0 aliphatic heterocycles. The molecule has 2 rings (SSSR count). The first-order chi connectivity index (χ1) is 10.9. The van der Waals surface area contributed by atoms with Crippen LogP contribution in [0, 0.1) is 5.92 Å². The normalized spacial score (nSPS) is 10.7. The molecule has 0 radical (unpaired) electrons. The lowest BCUT2D eigenvalue weighted by molar-refractivity contribution is 0.0822. The third-order valence-electron chi connectivity index (χ3n) is 3.08. The maximum absolute atomic E-state index is 12.1. The van der Waals surface area contributed by atoms with E-state index in [-0.39, 0.29) is 17.5 Å². The Morgan fingerprint density at radius 1 is 1.26 bits per heavy atom. The van der Waals surface area contributed by atoms with Gasteiger partial charge in [-0.15, -0.1) is 0 Å². The van der Waals surface area contributed by atoms with Gasteiger partial charge in [-0.2, -0.15) is 0 Å². The Morgan fingerprint density at radius 2 is 2.00 bits per heavy atom. The minimum absolute atomic E-state index is 0.0706. The SMILES string of the molecule is CC(C)COc1cccc(-c2cc(C(=O)N(C)C)nc(N)n2)c1. The second-order valence-electron chi connectivity index (χ2n) is 5.93. The molecule has 0 saturated heterocycles. The monoisotopic (exact) mass is 314 g/mol. The van der Waals surface area contributed by atoms with E-state index >= 15 is 0 Å². The molecule has 0 fully saturated rings. The van der Waals surface area contributed by atoms with E-state index in [9.17, 15) is 4.79 Å². The molecule has 1 aromatic carbocycles. The number of carbonyl (C=O) groups is 1. The van der Waals surface area contributed by atoms with Gasteiger partial charge in [0.2, 0.25) is 5.95 Å². The molecule has 1 heterocycles. The van der Waals surface area contributed by atoms with Crippen molar-refractivity contribution in [3.63, 3.8) is 0 Å². The van der Waals surface area contributed by atoms with Gasteiger partial charge in [-0.05, 0) is 24.1 Å². The number of anilines is 1. The highest BCUT2D eigenvalue weighted by Gasteiger charge is 2.14. The number of nitrogen functional groups attached to an aromatic ring is 1. The molecule has 1 amide bonds. The van der Waals surface area contributed by atoms with Crippen LogP contribution < -0.4 is 10.5 Å². The predicted molar refractivity (Wildman–Crippen MR) is 90.2 cm³/mol. The molecule has 6 nitrogen and oxygen atoms in total. The molecular formula is C17H22N4O2. The van der Waals surface area contributed by atoms with Gasteiger partial charge in [0, 0.05) is 19.7 Å². The fraction of sp³-hybridized carbons (Fsp3) is 0.353. The molecule has 0 aliphatic carbocycles. The van der Waals surface area contributed by atoms with Crippen LogP contribution >= 0.6 is 0 Å². The number of nitrogens with zero attached hydrogens (tertiary/aromatic N) is 3. The summed E-state index contributed by atoms with van der Waals surface area (Å²) < 4.78 is 5.73. The van der Waals surface area contributed by atoms with Crippen molar-refractivity contribution in [1.82, 2.24) is 14.9 Å². The topological polar surface area (TPSA) is 81.3 Å². The molecule has 6 heteroatoms. The van der Waals surface area contributed by atoms with Crippen LogP contribution in [0.2, 0.25) is 0 Å². The number of hydrogen-bond donors (Lipinski definition) is 1. The van der Waals surface area contributed by atoms with E-state index < -0.39 is 0 Å². The number of hydrogen-bond acceptors (Lipinski definition) is 5. The Labute approximate surface area is 136 Å². The smallest absolute Gasteiger partial charge is 0.272 e. The van der Waals surface area contributed by atoms with Crippen molar-refractivity contribution in [2.45, 2.75) is 13.8 Å². The fourth-order valence-electron chi connectivity index (χ4n) is 1.96. The first kappa shape index (κ1) is 16.7. The summed E-state index contributed by atoms with van der Waals surface area (Å²) in [6.45, 7) is 4.82. The van der Waals surface area contributed by atoms with E-state index in [0.29, 0.717) is 18.2 Å². The highest BCUT2D eigenvalue weighted by Crippen LogP contribution is 2.24. The zero-order valence-electron chi connectivity index (χ0n) is 13.9. The standard InChI is InChI=1S/C17H22N4O2/c1-11(2)10-23-13-7-5-6-12(8-13)14-9-15(16(22)21(3)4)20-17(18)19-14/h5-9,11H,10H2,1-4H3,(H2,18,19,20). The third kappa shape index (κ3) is 4.42. The molecule has 2 aromatic rings. The minimum atomic E-state index is -0.215. The van der Waals surface area contributed by atoms with Gasteiger partial charge in [0.25, 0.3) is 5.91 Å². The van der Waals surface area contributed by atoms with Crippen molar-refractivity contribution in [2.75, 3.05) is 26.4 Å². The van der Waals surface area contributed by atoms with Gasteiger partial charge in [0.15, 0.2) is 0 Å². The first-order valence-corrected chi connectivity index (χ1v) is 7.46. The summed E-state index contributed by atoms with van der Waals surface area (Å²) in [4.78, 5) is 21.8. The van der Waals surface area contributed by atoms with Gasteiger partial charge in [-0.3, -0.25) is 4.79 Å². The van der Waals surface area contributed by atoms with Gasteiger partial charge in [-0.25, -0.2) is 9.97 Å². The average molecular weight is 314 g/mol. The number of carbonyl (C=O) groups excluding carboxylic acids is 1. The Bertz CT molecular complexity index is 699. The molecule has 1 aromatic heterocycles. The van der Waals surface area contributed by atoms with E-state index in [1.165, 1.54) is 4.90 Å². The summed E-state index contributed by atoms with van der Waals surface area (Å²) in [7, 11) is 3.33. The van der Waals surface area contributed by atoms with Crippen LogP contribution in [0.1, 0.15) is 24.3 Å². The van der Waals surface area contributed by atoms with E-state index in [2.05, 4.69) is 23.8 Å². The molecule has 2 N–H and O–H groups in total. The zero-order valence-corrected chi connectivity index (χ0v) is 13.9. The second-order valence-corrected chi connectivity index (χ2v) is 5.93. The van der Waals surface area contributed by atoms with Crippen molar-refractivity contribution in [1.29, 1.82) is 0 Å². The van der Waals surface area contributed by atoms with Crippen LogP contribution in [-0.4, -0.2) is 41.5 Å². The van der Waals surface area contributed by atoms with Crippen molar-refractivity contribution in [3.05, 3.63) is 36.0 Å². The van der Waals surface area contributed by atoms with Crippen LogP contribution in [-0.2, 0) is 0 Å². The van der Waals surface area contributed by atoms with Crippen LogP contribution in [0.15, 0.2) is 30.3 Å². The van der Waals surface area contributed by atoms with Crippen LogP contribution in [0.25, 0.3) is 11.3 Å². The third-order valence-corrected chi connectivity index (χ3v) is 3.08. The van der Waals surface area contributed by atoms with Crippen molar-refractivity contribution in [3.8, 4) is 17.0 Å². The van der Waals surface area contributed by atoms with Gasteiger partial charge < -0.3 is 15.4 Å². The maximum Gasteiger partial charge on any atom is 0.272 e. The summed E-state index contributed by atoms with van der Waals surface area (Å²) in [6, 6.07) is 9.20. The second kappa shape index (κ2) is 7.09. The highest BCUT2D eigenvalue weighted by atomic mass is 16.5. The predicted octanol–water partition coefficient (Wildman–Crippen LogP) is 2.46. The highest BCUT2D eigenvalue weighted by molar-refractivity contribution is 5.93. The molecule has 0 unspecified atom stereocenters. The molecule has 23 heavy (non-hydrogen) atoms. The number of aromatic nitrogens is 2. The van der Waals surface area contributed by atoms with Crippen LogP contribution in [0.3, 0.4) is 0 Å². The first-order valence-electron chi connectivity index (χ1n) is 7.46. The van der Waals surface area contributed by atoms with Gasteiger partial charge >= 0.3 is 0 Å². The Kier molecular flexibility index (Phi) is 5.16. The average Bonchev–Trinajstić information content (AvgIpc) is 2.51. The van der Waals surface area contributed by atoms with Crippen molar-refractivity contribution in [2.24, 2.45) is 5.92 Å². The van der Waals surface area contributed by atoms with Gasteiger partial charge in [0.05, 0.1) is 12.3 Å². The van der Waals surface area contributed by atoms with Crippen molar-refractivity contribution >= 4 is 11.9 Å². The number of amides is 1. The number of nitrogens with two attached hydrogens (primary N) is 1. The molecule has 0 saturated carbocycles. The Morgan fingerprint density at radius 3 is 2.65 bits per heavy atom. The summed E-state index contributed by atoms with van der Waals surface area (Å²) in [5.41, 5.74) is 7.44. The lowest BCUT2D eigenvalue weighted by Crippen LogP contribution is -2.23. The zero-order chi connectivity index (χ0) is 17.0. The van der Waals surface area contributed by atoms with Gasteiger partial charge in [-0.1, -0.05) is 26.0 Å². The largest absolute Gasteiger partial charge is 0.493 e.